The number of nitrogens with zero attached hydrogens (tertiary/aromatic N) is 2. The molecule has 1 atom stereocenters. The summed E-state index contributed by atoms with van der Waals surface area (Å²) in [5.74, 6) is 5.68. The lowest BCUT2D eigenvalue weighted by atomic mass is 10.0. The fraction of sp³-hybridized carbons (Fsp3) is 0.250. The maximum absolute atomic E-state index is 5.68. The summed E-state index contributed by atoms with van der Waals surface area (Å²) in [5, 5.41) is 4.28. The van der Waals surface area contributed by atoms with Crippen molar-refractivity contribution in [1.82, 2.24) is 15.2 Å². The van der Waals surface area contributed by atoms with E-state index in [0.29, 0.717) is 0 Å². The minimum absolute atomic E-state index is 0.0859. The van der Waals surface area contributed by atoms with Crippen LogP contribution in [-0.4, -0.2) is 9.78 Å². The normalized spacial score (nSPS) is 12.7. The Kier molecular flexibility index (Phi) is 4.55. The van der Waals surface area contributed by atoms with Gasteiger partial charge in [-0.3, -0.25) is 10.5 Å². The standard InChI is InChI=1S/C12H14Br2N4/c1-2-18-7-8(6-16-18)12(17-15)10-5-9(13)3-4-11(10)14/h3-7,12,17H,2,15H2,1H3. The van der Waals surface area contributed by atoms with Gasteiger partial charge in [0.25, 0.3) is 0 Å². The van der Waals surface area contributed by atoms with Crippen LogP contribution < -0.4 is 11.3 Å². The second-order valence-electron chi connectivity index (χ2n) is 3.89. The Morgan fingerprint density at radius 1 is 1.44 bits per heavy atom. The van der Waals surface area contributed by atoms with E-state index in [4.69, 9.17) is 5.84 Å². The summed E-state index contributed by atoms with van der Waals surface area (Å²) in [4.78, 5) is 0. The minimum atomic E-state index is -0.0859. The zero-order valence-corrected chi connectivity index (χ0v) is 13.1. The lowest BCUT2D eigenvalue weighted by molar-refractivity contribution is 0.628. The molecule has 0 aliphatic carbocycles. The monoisotopic (exact) mass is 372 g/mol. The molecule has 1 heterocycles. The fourth-order valence-corrected chi connectivity index (χ4v) is 2.66. The second-order valence-corrected chi connectivity index (χ2v) is 5.66. The van der Waals surface area contributed by atoms with E-state index >= 15 is 0 Å². The quantitative estimate of drug-likeness (QED) is 0.639. The smallest absolute Gasteiger partial charge is 0.0752 e. The average molecular weight is 374 g/mol. The Bertz CT molecular complexity index is 539. The maximum atomic E-state index is 5.68. The molecule has 3 N–H and O–H groups in total. The number of hydrogen-bond donors (Lipinski definition) is 2. The highest BCUT2D eigenvalue weighted by atomic mass is 79.9. The Labute approximate surface area is 123 Å². The number of aromatic nitrogens is 2. The van der Waals surface area contributed by atoms with Gasteiger partial charge in [-0.05, 0) is 30.7 Å². The van der Waals surface area contributed by atoms with Crippen molar-refractivity contribution in [3.8, 4) is 0 Å². The molecule has 0 radical (unpaired) electrons. The van der Waals surface area contributed by atoms with Crippen LogP contribution >= 0.6 is 31.9 Å². The van der Waals surface area contributed by atoms with Gasteiger partial charge >= 0.3 is 0 Å². The summed E-state index contributed by atoms with van der Waals surface area (Å²) in [6.45, 7) is 2.90. The van der Waals surface area contributed by atoms with Crippen molar-refractivity contribution >= 4 is 31.9 Å². The maximum Gasteiger partial charge on any atom is 0.0752 e. The van der Waals surface area contributed by atoms with Crippen LogP contribution in [-0.2, 0) is 6.54 Å². The number of hydrogen-bond acceptors (Lipinski definition) is 3. The third kappa shape index (κ3) is 2.83. The molecule has 2 rings (SSSR count). The number of nitrogens with two attached hydrogens (primary N) is 1. The zero-order chi connectivity index (χ0) is 13.1. The van der Waals surface area contributed by atoms with Crippen molar-refractivity contribution in [2.45, 2.75) is 19.5 Å². The van der Waals surface area contributed by atoms with Gasteiger partial charge in [-0.1, -0.05) is 31.9 Å². The summed E-state index contributed by atoms with van der Waals surface area (Å²) in [6, 6.07) is 5.93. The van der Waals surface area contributed by atoms with Gasteiger partial charge in [0.05, 0.1) is 12.2 Å². The largest absolute Gasteiger partial charge is 0.273 e. The van der Waals surface area contributed by atoms with Crippen molar-refractivity contribution in [2.24, 2.45) is 5.84 Å². The van der Waals surface area contributed by atoms with Gasteiger partial charge < -0.3 is 0 Å². The average Bonchev–Trinajstić information content (AvgIpc) is 2.83. The summed E-state index contributed by atoms with van der Waals surface area (Å²) in [7, 11) is 0. The predicted molar refractivity (Wildman–Crippen MR) is 78.9 cm³/mol. The minimum Gasteiger partial charge on any atom is -0.273 e. The van der Waals surface area contributed by atoms with Gasteiger partial charge in [0.2, 0.25) is 0 Å². The van der Waals surface area contributed by atoms with E-state index < -0.39 is 0 Å². The lowest BCUT2D eigenvalue weighted by Crippen LogP contribution is -2.28. The van der Waals surface area contributed by atoms with Crippen LogP contribution in [0.25, 0.3) is 0 Å². The molecular weight excluding hydrogens is 360 g/mol. The highest BCUT2D eigenvalue weighted by Crippen LogP contribution is 2.30. The van der Waals surface area contributed by atoms with Gasteiger partial charge in [0.1, 0.15) is 0 Å². The topological polar surface area (TPSA) is 55.9 Å². The molecule has 0 aliphatic rings. The van der Waals surface area contributed by atoms with E-state index in [9.17, 15) is 0 Å². The van der Waals surface area contributed by atoms with Crippen LogP contribution in [0, 0.1) is 0 Å². The van der Waals surface area contributed by atoms with Gasteiger partial charge in [0.15, 0.2) is 0 Å². The third-order valence-electron chi connectivity index (χ3n) is 2.75. The van der Waals surface area contributed by atoms with Crippen LogP contribution in [0.2, 0.25) is 0 Å². The molecule has 1 unspecified atom stereocenters. The molecule has 1 aromatic heterocycles. The van der Waals surface area contributed by atoms with E-state index in [2.05, 4.69) is 49.3 Å². The van der Waals surface area contributed by atoms with Crippen LogP contribution in [0.15, 0.2) is 39.5 Å². The zero-order valence-electron chi connectivity index (χ0n) is 9.90. The number of aryl methyl sites for hydroxylation is 1. The first kappa shape index (κ1) is 13.7. The molecule has 18 heavy (non-hydrogen) atoms. The number of benzene rings is 1. The molecule has 0 saturated carbocycles. The number of hydrazine groups is 1. The first-order chi connectivity index (χ1) is 8.65. The van der Waals surface area contributed by atoms with Crippen LogP contribution in [0.5, 0.6) is 0 Å². The number of halogens is 2. The van der Waals surface area contributed by atoms with Crippen molar-refractivity contribution < 1.29 is 0 Å². The van der Waals surface area contributed by atoms with E-state index in [1.165, 1.54) is 0 Å². The van der Waals surface area contributed by atoms with Gasteiger partial charge in [-0.25, -0.2) is 5.43 Å². The summed E-state index contributed by atoms with van der Waals surface area (Å²) in [5.41, 5.74) is 4.95. The van der Waals surface area contributed by atoms with Gasteiger partial charge in [-0.15, -0.1) is 0 Å². The van der Waals surface area contributed by atoms with E-state index in [0.717, 1.165) is 26.6 Å². The molecule has 0 aliphatic heterocycles. The molecule has 0 fully saturated rings. The fourth-order valence-electron chi connectivity index (χ4n) is 1.80. The first-order valence-corrected chi connectivity index (χ1v) is 7.17. The summed E-state index contributed by atoms with van der Waals surface area (Å²) in [6.07, 6.45) is 3.83. The SMILES string of the molecule is CCn1cc(C(NN)c2cc(Br)ccc2Br)cn1. The molecule has 2 aromatic rings. The Morgan fingerprint density at radius 2 is 2.22 bits per heavy atom. The van der Waals surface area contributed by atoms with Gasteiger partial charge in [0, 0.05) is 27.3 Å². The molecule has 1 aromatic carbocycles. The van der Waals surface area contributed by atoms with E-state index in [-0.39, 0.29) is 6.04 Å². The highest BCUT2D eigenvalue weighted by Gasteiger charge is 2.17. The molecule has 6 heteroatoms. The molecule has 0 amide bonds. The van der Waals surface area contributed by atoms with Crippen LogP contribution in [0.1, 0.15) is 24.1 Å². The molecule has 96 valence electrons. The molecule has 4 nitrogen and oxygen atoms in total. The second kappa shape index (κ2) is 5.97. The van der Waals surface area contributed by atoms with Crippen molar-refractivity contribution in [1.29, 1.82) is 0 Å². The Morgan fingerprint density at radius 3 is 2.83 bits per heavy atom. The first-order valence-electron chi connectivity index (χ1n) is 5.59. The molecule has 0 spiro atoms. The van der Waals surface area contributed by atoms with Gasteiger partial charge in [-0.2, -0.15) is 5.10 Å². The van der Waals surface area contributed by atoms with Crippen molar-refractivity contribution in [2.75, 3.05) is 0 Å². The van der Waals surface area contributed by atoms with Crippen LogP contribution in [0.4, 0.5) is 0 Å². The Hall–Kier alpha value is -0.690. The van der Waals surface area contributed by atoms with E-state index in [1.807, 2.05) is 35.3 Å². The number of nitrogens with one attached hydrogen (secondary N) is 1. The predicted octanol–water partition coefficient (Wildman–Crippen LogP) is 2.98. The molecular formula is C12H14Br2N4. The van der Waals surface area contributed by atoms with Crippen molar-refractivity contribution in [3.63, 3.8) is 0 Å². The van der Waals surface area contributed by atoms with Crippen LogP contribution in [0.3, 0.4) is 0 Å². The Balaban J connectivity index is 2.41. The molecule has 0 saturated heterocycles. The third-order valence-corrected chi connectivity index (χ3v) is 3.96. The van der Waals surface area contributed by atoms with E-state index in [1.54, 1.807) is 0 Å². The van der Waals surface area contributed by atoms with Crippen molar-refractivity contribution in [3.05, 3.63) is 50.7 Å². The summed E-state index contributed by atoms with van der Waals surface area (Å²) < 4.78 is 3.91. The molecule has 0 bridgehead atoms. The highest BCUT2D eigenvalue weighted by molar-refractivity contribution is 9.11. The lowest BCUT2D eigenvalue weighted by Gasteiger charge is -2.16. The number of rotatable bonds is 4. The summed E-state index contributed by atoms with van der Waals surface area (Å²) >= 11 is 7.02.